The predicted molar refractivity (Wildman–Crippen MR) is 110 cm³/mol. The maximum absolute atomic E-state index is 12.8. The van der Waals surface area contributed by atoms with Gasteiger partial charge in [-0.3, -0.25) is 4.79 Å². The summed E-state index contributed by atoms with van der Waals surface area (Å²) in [6, 6.07) is 15.0. The van der Waals surface area contributed by atoms with E-state index in [-0.39, 0.29) is 11.9 Å². The molecule has 0 unspecified atom stereocenters. The number of benzene rings is 1. The van der Waals surface area contributed by atoms with Crippen LogP contribution in [-0.4, -0.2) is 59.5 Å². The number of para-hydroxylation sites is 1. The molecule has 1 aliphatic rings. The topological polar surface area (TPSA) is 75.6 Å². The number of carbonyl (C=O) groups excluding carboxylic acids is 2. The number of aromatic nitrogens is 2. The molecular formula is C22H22N4O3. The summed E-state index contributed by atoms with van der Waals surface area (Å²) >= 11 is 0. The molecule has 7 heteroatoms. The van der Waals surface area contributed by atoms with E-state index in [1.165, 1.54) is 6.20 Å². The molecule has 1 saturated heterocycles. The third-order valence-corrected chi connectivity index (χ3v) is 4.97. The Labute approximate surface area is 168 Å². The SMILES string of the molecule is CCOC(=O)c1ccc(N2CCN(C(=O)c3ccc4ccccc4n3)CC2)nc1. The molecule has 1 amide bonds. The van der Waals surface area contributed by atoms with Crippen molar-refractivity contribution in [1.29, 1.82) is 0 Å². The lowest BCUT2D eigenvalue weighted by Crippen LogP contribution is -2.49. The number of ether oxygens (including phenoxy) is 1. The van der Waals surface area contributed by atoms with Gasteiger partial charge in [-0.1, -0.05) is 24.3 Å². The molecule has 4 rings (SSSR count). The van der Waals surface area contributed by atoms with Crippen LogP contribution in [0.4, 0.5) is 5.82 Å². The Bertz CT molecular complexity index is 1030. The summed E-state index contributed by atoms with van der Waals surface area (Å²) in [6.45, 7) is 4.63. The molecule has 3 aromatic rings. The molecule has 148 valence electrons. The number of pyridine rings is 2. The fourth-order valence-corrected chi connectivity index (χ4v) is 3.39. The third kappa shape index (κ3) is 4.03. The number of piperazine rings is 1. The van der Waals surface area contributed by atoms with Gasteiger partial charge in [0.2, 0.25) is 0 Å². The number of fused-ring (bicyclic) bond motifs is 1. The van der Waals surface area contributed by atoms with Gasteiger partial charge in [0.15, 0.2) is 0 Å². The number of anilines is 1. The van der Waals surface area contributed by atoms with E-state index >= 15 is 0 Å². The highest BCUT2D eigenvalue weighted by atomic mass is 16.5. The van der Waals surface area contributed by atoms with Crippen LogP contribution in [0.25, 0.3) is 10.9 Å². The van der Waals surface area contributed by atoms with Gasteiger partial charge >= 0.3 is 5.97 Å². The van der Waals surface area contributed by atoms with Gasteiger partial charge in [0.1, 0.15) is 11.5 Å². The third-order valence-electron chi connectivity index (χ3n) is 4.97. The molecule has 2 aromatic heterocycles. The fraction of sp³-hybridized carbons (Fsp3) is 0.273. The quantitative estimate of drug-likeness (QED) is 0.638. The number of amides is 1. The minimum atomic E-state index is -0.371. The molecule has 1 aliphatic heterocycles. The van der Waals surface area contributed by atoms with Gasteiger partial charge in [-0.15, -0.1) is 0 Å². The van der Waals surface area contributed by atoms with Gasteiger partial charge in [0.25, 0.3) is 5.91 Å². The summed E-state index contributed by atoms with van der Waals surface area (Å²) in [7, 11) is 0. The summed E-state index contributed by atoms with van der Waals surface area (Å²) in [5.74, 6) is 0.361. The van der Waals surface area contributed by atoms with E-state index in [0.29, 0.717) is 44.0 Å². The zero-order valence-corrected chi connectivity index (χ0v) is 16.2. The zero-order chi connectivity index (χ0) is 20.2. The van der Waals surface area contributed by atoms with Crippen molar-refractivity contribution in [2.75, 3.05) is 37.7 Å². The maximum Gasteiger partial charge on any atom is 0.339 e. The Hall–Kier alpha value is -3.48. The highest BCUT2D eigenvalue weighted by Crippen LogP contribution is 2.17. The normalized spacial score (nSPS) is 14.1. The Balaban J connectivity index is 1.39. The van der Waals surface area contributed by atoms with Crippen molar-refractivity contribution in [1.82, 2.24) is 14.9 Å². The van der Waals surface area contributed by atoms with E-state index in [1.807, 2.05) is 41.3 Å². The van der Waals surface area contributed by atoms with E-state index in [1.54, 1.807) is 19.1 Å². The number of rotatable bonds is 4. The summed E-state index contributed by atoms with van der Waals surface area (Å²) in [6.07, 6.45) is 1.53. The van der Waals surface area contributed by atoms with Crippen LogP contribution in [0.2, 0.25) is 0 Å². The van der Waals surface area contributed by atoms with Crippen molar-refractivity contribution < 1.29 is 14.3 Å². The van der Waals surface area contributed by atoms with Crippen LogP contribution >= 0.6 is 0 Å². The van der Waals surface area contributed by atoms with Crippen LogP contribution in [0.5, 0.6) is 0 Å². The smallest absolute Gasteiger partial charge is 0.339 e. The maximum atomic E-state index is 12.8. The number of hydrogen-bond donors (Lipinski definition) is 0. The summed E-state index contributed by atoms with van der Waals surface area (Å²) in [5, 5.41) is 1.02. The van der Waals surface area contributed by atoms with Gasteiger partial charge < -0.3 is 14.5 Å². The van der Waals surface area contributed by atoms with Crippen molar-refractivity contribution in [2.45, 2.75) is 6.92 Å². The first-order valence-corrected chi connectivity index (χ1v) is 9.69. The van der Waals surface area contributed by atoms with Gasteiger partial charge in [-0.25, -0.2) is 14.8 Å². The van der Waals surface area contributed by atoms with Crippen LogP contribution in [0.3, 0.4) is 0 Å². The molecule has 7 nitrogen and oxygen atoms in total. The standard InChI is InChI=1S/C22H22N4O3/c1-2-29-22(28)17-8-10-20(23-15-17)25-11-13-26(14-12-25)21(27)19-9-7-16-5-3-4-6-18(16)24-19/h3-10,15H,2,11-14H2,1H3. The molecule has 0 radical (unpaired) electrons. The zero-order valence-electron chi connectivity index (χ0n) is 16.2. The van der Waals surface area contributed by atoms with Gasteiger partial charge in [0, 0.05) is 37.8 Å². The van der Waals surface area contributed by atoms with Crippen molar-refractivity contribution in [3.8, 4) is 0 Å². The highest BCUT2D eigenvalue weighted by Gasteiger charge is 2.24. The molecule has 29 heavy (non-hydrogen) atoms. The summed E-state index contributed by atoms with van der Waals surface area (Å²) < 4.78 is 4.98. The number of nitrogens with zero attached hydrogens (tertiary/aromatic N) is 4. The Morgan fingerprint density at radius 3 is 2.52 bits per heavy atom. The van der Waals surface area contributed by atoms with Crippen molar-refractivity contribution in [3.05, 3.63) is 66.0 Å². The summed E-state index contributed by atoms with van der Waals surface area (Å²) in [4.78, 5) is 37.4. The first kappa shape index (κ1) is 18.9. The molecule has 3 heterocycles. The Morgan fingerprint density at radius 2 is 1.79 bits per heavy atom. The lowest BCUT2D eigenvalue weighted by Gasteiger charge is -2.35. The average molecular weight is 390 g/mol. The molecule has 0 aliphatic carbocycles. The van der Waals surface area contributed by atoms with E-state index in [9.17, 15) is 9.59 Å². The molecule has 0 atom stereocenters. The van der Waals surface area contributed by atoms with Crippen molar-refractivity contribution in [2.24, 2.45) is 0 Å². The fourth-order valence-electron chi connectivity index (χ4n) is 3.39. The van der Waals surface area contributed by atoms with Crippen LogP contribution < -0.4 is 4.90 Å². The van der Waals surface area contributed by atoms with Crippen molar-refractivity contribution >= 4 is 28.6 Å². The van der Waals surface area contributed by atoms with Crippen LogP contribution in [0.15, 0.2) is 54.7 Å². The predicted octanol–water partition coefficient (Wildman–Crippen LogP) is 2.77. The van der Waals surface area contributed by atoms with E-state index in [4.69, 9.17) is 4.74 Å². The lowest BCUT2D eigenvalue weighted by atomic mass is 10.2. The Morgan fingerprint density at radius 1 is 1.00 bits per heavy atom. The van der Waals surface area contributed by atoms with Crippen LogP contribution in [-0.2, 0) is 4.74 Å². The molecular weight excluding hydrogens is 368 g/mol. The second kappa shape index (κ2) is 8.26. The van der Waals surface area contributed by atoms with E-state index < -0.39 is 0 Å². The molecule has 1 aromatic carbocycles. The second-order valence-corrected chi connectivity index (χ2v) is 6.79. The van der Waals surface area contributed by atoms with E-state index in [0.717, 1.165) is 16.7 Å². The van der Waals surface area contributed by atoms with Gasteiger partial charge in [0.05, 0.1) is 17.7 Å². The molecule has 0 bridgehead atoms. The largest absolute Gasteiger partial charge is 0.462 e. The first-order chi connectivity index (χ1) is 14.2. The molecule has 0 saturated carbocycles. The summed E-state index contributed by atoms with van der Waals surface area (Å²) in [5.41, 5.74) is 1.73. The van der Waals surface area contributed by atoms with E-state index in [2.05, 4.69) is 14.9 Å². The second-order valence-electron chi connectivity index (χ2n) is 6.79. The number of hydrogen-bond acceptors (Lipinski definition) is 6. The highest BCUT2D eigenvalue weighted by molar-refractivity contribution is 5.95. The molecule has 0 N–H and O–H groups in total. The van der Waals surface area contributed by atoms with Gasteiger partial charge in [-0.05, 0) is 31.2 Å². The van der Waals surface area contributed by atoms with Gasteiger partial charge in [-0.2, -0.15) is 0 Å². The first-order valence-electron chi connectivity index (χ1n) is 9.69. The Kier molecular flexibility index (Phi) is 5.37. The van der Waals surface area contributed by atoms with Crippen LogP contribution in [0, 0.1) is 0 Å². The monoisotopic (exact) mass is 390 g/mol. The number of esters is 1. The van der Waals surface area contributed by atoms with Crippen LogP contribution in [0.1, 0.15) is 27.8 Å². The molecule has 1 fully saturated rings. The minimum absolute atomic E-state index is 0.0546. The lowest BCUT2D eigenvalue weighted by molar-refractivity contribution is 0.0525. The number of carbonyl (C=O) groups is 2. The average Bonchev–Trinajstić information content (AvgIpc) is 2.78. The van der Waals surface area contributed by atoms with Crippen molar-refractivity contribution in [3.63, 3.8) is 0 Å². The minimum Gasteiger partial charge on any atom is -0.462 e. The molecule has 0 spiro atoms.